The monoisotopic (exact) mass is 431 g/mol. The van der Waals surface area contributed by atoms with E-state index in [1.807, 2.05) is 36.4 Å². The summed E-state index contributed by atoms with van der Waals surface area (Å²) in [5.74, 6) is 0.793. The summed E-state index contributed by atoms with van der Waals surface area (Å²) in [4.78, 5) is 16.4. The van der Waals surface area contributed by atoms with Crippen LogP contribution in [0.3, 0.4) is 0 Å². The third-order valence-electron chi connectivity index (χ3n) is 5.91. The quantitative estimate of drug-likeness (QED) is 0.294. The number of carbonyl (C=O) groups is 1. The maximum absolute atomic E-state index is 11.5. The number of hydrogen-bond acceptors (Lipinski definition) is 3. The van der Waals surface area contributed by atoms with Gasteiger partial charge < -0.3 is 9.88 Å². The molecule has 0 bridgehead atoms. The van der Waals surface area contributed by atoms with Gasteiger partial charge in [-0.3, -0.25) is 4.79 Å². The van der Waals surface area contributed by atoms with Crippen molar-refractivity contribution in [1.29, 1.82) is 0 Å². The molecule has 0 radical (unpaired) electrons. The minimum atomic E-state index is -0.0507. The van der Waals surface area contributed by atoms with Crippen molar-refractivity contribution < 1.29 is 4.79 Å². The highest BCUT2D eigenvalue weighted by atomic mass is 16.1. The van der Waals surface area contributed by atoms with Gasteiger partial charge in [0.25, 0.3) is 0 Å². The van der Waals surface area contributed by atoms with Crippen LogP contribution in [0.15, 0.2) is 109 Å². The Morgan fingerprint density at radius 3 is 2.00 bits per heavy atom. The number of carbonyl (C=O) groups excluding carboxylic acids is 1. The molecule has 0 amide bonds. The first-order valence-corrected chi connectivity index (χ1v) is 11.2. The molecule has 1 heterocycles. The molecule has 4 heteroatoms. The number of fused-ring (bicyclic) bond motifs is 1. The van der Waals surface area contributed by atoms with Crippen molar-refractivity contribution in [3.63, 3.8) is 0 Å². The Morgan fingerprint density at radius 1 is 0.788 bits per heavy atom. The zero-order valence-corrected chi connectivity index (χ0v) is 18.3. The molecule has 0 aliphatic rings. The zero-order chi connectivity index (χ0) is 22.5. The van der Waals surface area contributed by atoms with Crippen LogP contribution in [0.5, 0.6) is 0 Å². The van der Waals surface area contributed by atoms with Gasteiger partial charge in [-0.05, 0) is 41.3 Å². The van der Waals surface area contributed by atoms with Gasteiger partial charge in [0.15, 0.2) is 0 Å². The summed E-state index contributed by atoms with van der Waals surface area (Å²) in [5, 5.41) is 3.71. The lowest BCUT2D eigenvalue weighted by Gasteiger charge is -2.21. The van der Waals surface area contributed by atoms with Crippen LogP contribution in [-0.4, -0.2) is 15.8 Å². The zero-order valence-electron chi connectivity index (χ0n) is 18.3. The Kier molecular flexibility index (Phi) is 5.98. The van der Waals surface area contributed by atoms with E-state index in [-0.39, 0.29) is 6.04 Å². The van der Waals surface area contributed by atoms with Crippen LogP contribution in [0.1, 0.15) is 33.1 Å². The van der Waals surface area contributed by atoms with Crippen LogP contribution in [0.25, 0.3) is 11.0 Å². The van der Waals surface area contributed by atoms with E-state index in [0.717, 1.165) is 36.2 Å². The van der Waals surface area contributed by atoms with E-state index < -0.39 is 0 Å². The molecule has 5 aromatic rings. The molecule has 33 heavy (non-hydrogen) atoms. The van der Waals surface area contributed by atoms with Crippen molar-refractivity contribution >= 4 is 23.3 Å². The van der Waals surface area contributed by atoms with Crippen molar-refractivity contribution in [3.05, 3.63) is 131 Å². The number of benzene rings is 4. The standard InChI is InChI=1S/C29H25N3O/c33-21-23-16-17-26-27(20-23)32(19-18-22-10-4-1-5-11-22)29(30-26)31-28(24-12-6-2-7-13-24)25-14-8-3-9-15-25/h1-17,20-21,28H,18-19H2,(H,30,31). The fourth-order valence-electron chi connectivity index (χ4n) is 4.21. The number of nitrogens with one attached hydrogen (secondary N) is 1. The van der Waals surface area contributed by atoms with E-state index in [2.05, 4.69) is 82.7 Å². The van der Waals surface area contributed by atoms with Gasteiger partial charge in [0.05, 0.1) is 17.1 Å². The third-order valence-corrected chi connectivity index (χ3v) is 5.91. The van der Waals surface area contributed by atoms with Crippen molar-refractivity contribution in [3.8, 4) is 0 Å². The first-order chi connectivity index (χ1) is 16.3. The normalized spacial score (nSPS) is 11.1. The van der Waals surface area contributed by atoms with Crippen molar-refractivity contribution in [2.75, 3.05) is 5.32 Å². The summed E-state index contributed by atoms with van der Waals surface area (Å²) in [5.41, 5.74) is 6.07. The Labute approximate surface area is 193 Å². The lowest BCUT2D eigenvalue weighted by Crippen LogP contribution is -2.16. The Bertz CT molecular complexity index is 1310. The molecule has 4 nitrogen and oxygen atoms in total. The van der Waals surface area contributed by atoms with Gasteiger partial charge in [-0.15, -0.1) is 0 Å². The highest BCUT2D eigenvalue weighted by molar-refractivity contribution is 5.86. The van der Waals surface area contributed by atoms with E-state index in [4.69, 9.17) is 4.98 Å². The summed E-state index contributed by atoms with van der Waals surface area (Å²) in [7, 11) is 0. The molecular weight excluding hydrogens is 406 g/mol. The SMILES string of the molecule is O=Cc1ccc2nc(NC(c3ccccc3)c3ccccc3)n(CCc3ccccc3)c2c1. The van der Waals surface area contributed by atoms with Crippen LogP contribution in [0.4, 0.5) is 5.95 Å². The molecule has 1 N–H and O–H groups in total. The first-order valence-electron chi connectivity index (χ1n) is 11.2. The van der Waals surface area contributed by atoms with Crippen LogP contribution in [-0.2, 0) is 13.0 Å². The number of aldehydes is 1. The average molecular weight is 432 g/mol. The molecule has 0 unspecified atom stereocenters. The van der Waals surface area contributed by atoms with Crippen molar-refractivity contribution in [2.45, 2.75) is 19.0 Å². The second-order valence-electron chi connectivity index (χ2n) is 8.09. The lowest BCUT2D eigenvalue weighted by molar-refractivity contribution is 0.112. The number of aryl methyl sites for hydroxylation is 2. The minimum absolute atomic E-state index is 0.0507. The molecule has 162 valence electrons. The van der Waals surface area contributed by atoms with E-state index in [1.165, 1.54) is 16.7 Å². The Balaban J connectivity index is 1.57. The number of hydrogen-bond donors (Lipinski definition) is 1. The molecule has 0 spiro atoms. The molecule has 0 aliphatic heterocycles. The smallest absolute Gasteiger partial charge is 0.204 e. The number of imidazole rings is 1. The summed E-state index contributed by atoms with van der Waals surface area (Å²) in [6.45, 7) is 0.751. The Hall–Kier alpha value is -4.18. The molecule has 0 saturated carbocycles. The molecule has 0 saturated heterocycles. The fourth-order valence-corrected chi connectivity index (χ4v) is 4.21. The summed E-state index contributed by atoms with van der Waals surface area (Å²) < 4.78 is 2.19. The first kappa shape index (κ1) is 20.7. The molecular formula is C29H25N3O. The second-order valence-corrected chi connectivity index (χ2v) is 8.09. The summed E-state index contributed by atoms with van der Waals surface area (Å²) in [6.07, 6.45) is 1.76. The van der Waals surface area contributed by atoms with Gasteiger partial charge in [0, 0.05) is 12.1 Å². The predicted molar refractivity (Wildman–Crippen MR) is 134 cm³/mol. The highest BCUT2D eigenvalue weighted by Gasteiger charge is 2.19. The van der Waals surface area contributed by atoms with Crippen LogP contribution in [0.2, 0.25) is 0 Å². The van der Waals surface area contributed by atoms with E-state index in [9.17, 15) is 4.79 Å². The van der Waals surface area contributed by atoms with Gasteiger partial charge in [-0.1, -0.05) is 91.0 Å². The minimum Gasteiger partial charge on any atom is -0.345 e. The summed E-state index contributed by atoms with van der Waals surface area (Å²) >= 11 is 0. The molecule has 5 rings (SSSR count). The predicted octanol–water partition coefficient (Wildman–Crippen LogP) is 6.29. The highest BCUT2D eigenvalue weighted by Crippen LogP contribution is 2.29. The molecule has 0 atom stereocenters. The largest absolute Gasteiger partial charge is 0.345 e. The molecule has 0 aliphatic carbocycles. The van der Waals surface area contributed by atoms with Crippen LogP contribution in [0, 0.1) is 0 Å². The van der Waals surface area contributed by atoms with Crippen LogP contribution < -0.4 is 5.32 Å². The average Bonchev–Trinajstić information content (AvgIpc) is 3.23. The van der Waals surface area contributed by atoms with Gasteiger partial charge in [-0.25, -0.2) is 4.98 Å². The van der Waals surface area contributed by atoms with E-state index in [0.29, 0.717) is 5.56 Å². The molecule has 0 fully saturated rings. The fraction of sp³-hybridized carbons (Fsp3) is 0.103. The van der Waals surface area contributed by atoms with Crippen LogP contribution >= 0.6 is 0 Å². The number of aromatic nitrogens is 2. The van der Waals surface area contributed by atoms with E-state index >= 15 is 0 Å². The lowest BCUT2D eigenvalue weighted by atomic mass is 9.99. The van der Waals surface area contributed by atoms with Gasteiger partial charge in [0.2, 0.25) is 5.95 Å². The summed E-state index contributed by atoms with van der Waals surface area (Å²) in [6, 6.07) is 36.9. The van der Waals surface area contributed by atoms with E-state index in [1.54, 1.807) is 0 Å². The molecule has 1 aromatic heterocycles. The van der Waals surface area contributed by atoms with Gasteiger partial charge >= 0.3 is 0 Å². The van der Waals surface area contributed by atoms with Crippen molar-refractivity contribution in [2.24, 2.45) is 0 Å². The van der Waals surface area contributed by atoms with Crippen molar-refractivity contribution in [1.82, 2.24) is 9.55 Å². The molecule has 4 aromatic carbocycles. The third kappa shape index (κ3) is 4.55. The second kappa shape index (κ2) is 9.53. The number of nitrogens with zero attached hydrogens (tertiary/aromatic N) is 2. The topological polar surface area (TPSA) is 46.9 Å². The number of rotatable bonds is 8. The number of anilines is 1. The maximum Gasteiger partial charge on any atom is 0.204 e. The maximum atomic E-state index is 11.5. The van der Waals surface area contributed by atoms with Gasteiger partial charge in [-0.2, -0.15) is 0 Å². The van der Waals surface area contributed by atoms with Gasteiger partial charge in [0.1, 0.15) is 6.29 Å². The Morgan fingerprint density at radius 2 is 1.39 bits per heavy atom.